The third-order valence-electron chi connectivity index (χ3n) is 3.86. The fourth-order valence-corrected chi connectivity index (χ4v) is 3.19. The Morgan fingerprint density at radius 1 is 1.27 bits per heavy atom. The molecule has 0 saturated heterocycles. The van der Waals surface area contributed by atoms with Crippen LogP contribution in [0, 0.1) is 0 Å². The lowest BCUT2D eigenvalue weighted by molar-refractivity contribution is -0.129. The van der Waals surface area contributed by atoms with Gasteiger partial charge in [0.1, 0.15) is 5.75 Å². The normalized spacial score (nSPS) is 14.8. The van der Waals surface area contributed by atoms with E-state index in [2.05, 4.69) is 0 Å². The van der Waals surface area contributed by atoms with Crippen LogP contribution < -0.4 is 0 Å². The molecule has 0 fully saturated rings. The maximum atomic E-state index is 12.2. The van der Waals surface area contributed by atoms with Gasteiger partial charge in [0.2, 0.25) is 5.91 Å². The van der Waals surface area contributed by atoms with Crippen LogP contribution in [0.15, 0.2) is 18.2 Å². The second-order valence-corrected chi connectivity index (χ2v) is 8.27. The average molecular weight is 325 g/mol. The van der Waals surface area contributed by atoms with Gasteiger partial charge in [0.15, 0.2) is 9.84 Å². The summed E-state index contributed by atoms with van der Waals surface area (Å²) in [5.41, 5.74) is 1.94. The van der Waals surface area contributed by atoms with E-state index >= 15 is 0 Å². The lowest BCUT2D eigenvalue weighted by Gasteiger charge is -2.29. The highest BCUT2D eigenvalue weighted by atomic mass is 32.2. The number of carboxylic acids is 1. The Balaban J connectivity index is 2.16. The minimum Gasteiger partial charge on any atom is -0.478 e. The number of nitrogens with zero attached hydrogens (tertiary/aromatic N) is 1. The molecule has 0 radical (unpaired) electrons. The summed E-state index contributed by atoms with van der Waals surface area (Å²) in [5, 5.41) is 8.42. The summed E-state index contributed by atoms with van der Waals surface area (Å²) in [6.07, 6.45) is 0.600. The van der Waals surface area contributed by atoms with Crippen molar-refractivity contribution in [3.8, 4) is 0 Å². The Kier molecular flexibility index (Phi) is 4.55. The lowest BCUT2D eigenvalue weighted by Crippen LogP contribution is -2.40. The maximum absolute atomic E-state index is 12.2. The van der Waals surface area contributed by atoms with Crippen molar-refractivity contribution in [1.29, 1.82) is 0 Å². The van der Waals surface area contributed by atoms with E-state index in [1.165, 1.54) is 4.90 Å². The van der Waals surface area contributed by atoms with E-state index in [1.54, 1.807) is 32.0 Å². The molecule has 120 valence electrons. The Morgan fingerprint density at radius 3 is 2.55 bits per heavy atom. The van der Waals surface area contributed by atoms with Crippen LogP contribution in [0.3, 0.4) is 0 Å². The Hall–Kier alpha value is -1.89. The summed E-state index contributed by atoms with van der Waals surface area (Å²) in [6, 6.07) is 4.85. The zero-order valence-corrected chi connectivity index (χ0v) is 13.4. The molecule has 0 spiro atoms. The molecule has 1 heterocycles. The molecule has 0 bridgehead atoms. The number of amides is 1. The van der Waals surface area contributed by atoms with Crippen molar-refractivity contribution < 1.29 is 23.1 Å². The van der Waals surface area contributed by atoms with Crippen LogP contribution in [0.1, 0.15) is 35.3 Å². The van der Waals surface area contributed by atoms with Crippen molar-refractivity contribution in [2.45, 2.75) is 32.1 Å². The summed E-state index contributed by atoms with van der Waals surface area (Å²) in [5.74, 6) is -1.95. The molecular formula is C15H19NO5S. The molecule has 1 aliphatic heterocycles. The van der Waals surface area contributed by atoms with E-state index in [9.17, 15) is 18.0 Å². The monoisotopic (exact) mass is 325 g/mol. The first-order chi connectivity index (χ1) is 10.2. The van der Waals surface area contributed by atoms with Gasteiger partial charge >= 0.3 is 5.97 Å². The maximum Gasteiger partial charge on any atom is 0.335 e. The second kappa shape index (κ2) is 6.08. The molecule has 7 heteroatoms. The number of aromatic carboxylic acids is 1. The van der Waals surface area contributed by atoms with E-state index in [4.69, 9.17) is 5.11 Å². The number of benzene rings is 1. The number of hydrogen-bond donors (Lipinski definition) is 1. The first-order valence-corrected chi connectivity index (χ1v) is 8.76. The number of rotatable bonds is 4. The molecule has 0 aromatic heterocycles. The molecule has 0 aliphatic carbocycles. The minimum absolute atomic E-state index is 0.169. The molecule has 0 atom stereocenters. The van der Waals surface area contributed by atoms with Crippen LogP contribution in [0.25, 0.3) is 0 Å². The van der Waals surface area contributed by atoms with Gasteiger partial charge in [-0.25, -0.2) is 13.2 Å². The molecule has 0 unspecified atom stereocenters. The largest absolute Gasteiger partial charge is 0.478 e. The van der Waals surface area contributed by atoms with Crippen LogP contribution in [-0.2, 0) is 27.6 Å². The number of hydrogen-bond acceptors (Lipinski definition) is 4. The standard InChI is InChI=1S/C15H19NO5S/c1-10(2)22(20,21)9-14(17)16-6-5-11-3-4-12(15(18)19)7-13(11)8-16/h3-4,7,10H,5-6,8-9H2,1-2H3,(H,18,19). The van der Waals surface area contributed by atoms with Crippen LogP contribution in [-0.4, -0.2) is 47.8 Å². The van der Waals surface area contributed by atoms with Crippen LogP contribution in [0.5, 0.6) is 0 Å². The summed E-state index contributed by atoms with van der Waals surface area (Å²) < 4.78 is 23.7. The van der Waals surface area contributed by atoms with Gasteiger partial charge in [-0.1, -0.05) is 6.07 Å². The van der Waals surface area contributed by atoms with Crippen LogP contribution in [0.2, 0.25) is 0 Å². The Bertz CT molecular complexity index is 709. The fraction of sp³-hybridized carbons (Fsp3) is 0.467. The first kappa shape index (κ1) is 16.5. The number of carboxylic acid groups (broad SMARTS) is 1. The Morgan fingerprint density at radius 2 is 1.95 bits per heavy atom. The summed E-state index contributed by atoms with van der Waals surface area (Å²) in [4.78, 5) is 24.7. The number of carbonyl (C=O) groups excluding carboxylic acids is 1. The zero-order chi connectivity index (χ0) is 16.5. The highest BCUT2D eigenvalue weighted by molar-refractivity contribution is 7.92. The number of sulfone groups is 1. The van der Waals surface area contributed by atoms with Gasteiger partial charge in [0, 0.05) is 13.1 Å². The SMILES string of the molecule is CC(C)S(=O)(=O)CC(=O)N1CCc2ccc(C(=O)O)cc2C1. The second-order valence-electron chi connectivity index (χ2n) is 5.71. The van der Waals surface area contributed by atoms with Crippen LogP contribution >= 0.6 is 0 Å². The van der Waals surface area contributed by atoms with Gasteiger partial charge in [-0.2, -0.15) is 0 Å². The topological polar surface area (TPSA) is 91.8 Å². The quantitative estimate of drug-likeness (QED) is 0.895. The lowest BCUT2D eigenvalue weighted by atomic mass is 9.97. The molecule has 22 heavy (non-hydrogen) atoms. The molecule has 2 rings (SSSR count). The molecule has 0 saturated carbocycles. The van der Waals surface area contributed by atoms with E-state index in [1.807, 2.05) is 0 Å². The molecular weight excluding hydrogens is 306 g/mol. The minimum atomic E-state index is -3.43. The van der Waals surface area contributed by atoms with Gasteiger partial charge in [0.25, 0.3) is 0 Å². The first-order valence-electron chi connectivity index (χ1n) is 7.05. The molecule has 1 amide bonds. The van der Waals surface area contributed by atoms with Gasteiger partial charge in [-0.15, -0.1) is 0 Å². The van der Waals surface area contributed by atoms with Crippen molar-refractivity contribution in [3.63, 3.8) is 0 Å². The molecule has 1 aromatic carbocycles. The summed E-state index contributed by atoms with van der Waals surface area (Å²) >= 11 is 0. The smallest absolute Gasteiger partial charge is 0.335 e. The van der Waals surface area contributed by atoms with Gasteiger partial charge in [0.05, 0.1) is 10.8 Å². The van der Waals surface area contributed by atoms with Gasteiger partial charge in [-0.05, 0) is 43.5 Å². The predicted molar refractivity (Wildman–Crippen MR) is 81.4 cm³/mol. The third kappa shape index (κ3) is 3.47. The molecule has 1 aromatic rings. The van der Waals surface area contributed by atoms with E-state index in [0.29, 0.717) is 13.0 Å². The van der Waals surface area contributed by atoms with Crippen molar-refractivity contribution in [2.75, 3.05) is 12.3 Å². The van der Waals surface area contributed by atoms with Crippen molar-refractivity contribution >= 4 is 21.7 Å². The highest BCUT2D eigenvalue weighted by Gasteiger charge is 2.27. The van der Waals surface area contributed by atoms with Gasteiger partial charge < -0.3 is 10.0 Å². The predicted octanol–water partition coefficient (Wildman–Crippen LogP) is 1.09. The average Bonchev–Trinajstić information content (AvgIpc) is 2.45. The zero-order valence-electron chi connectivity index (χ0n) is 12.6. The summed E-state index contributed by atoms with van der Waals surface area (Å²) in [7, 11) is -3.43. The summed E-state index contributed by atoms with van der Waals surface area (Å²) in [6.45, 7) is 3.80. The van der Waals surface area contributed by atoms with E-state index in [-0.39, 0.29) is 12.1 Å². The molecule has 6 nitrogen and oxygen atoms in total. The van der Waals surface area contributed by atoms with Crippen LogP contribution in [0.4, 0.5) is 0 Å². The molecule has 1 aliphatic rings. The van der Waals surface area contributed by atoms with E-state index in [0.717, 1.165) is 11.1 Å². The van der Waals surface area contributed by atoms with E-state index < -0.39 is 32.7 Å². The van der Waals surface area contributed by atoms with Gasteiger partial charge in [-0.3, -0.25) is 4.79 Å². The highest BCUT2D eigenvalue weighted by Crippen LogP contribution is 2.21. The van der Waals surface area contributed by atoms with Crippen molar-refractivity contribution in [3.05, 3.63) is 34.9 Å². The van der Waals surface area contributed by atoms with Crippen molar-refractivity contribution in [1.82, 2.24) is 4.90 Å². The number of fused-ring (bicyclic) bond motifs is 1. The fourth-order valence-electron chi connectivity index (χ4n) is 2.33. The third-order valence-corrected chi connectivity index (χ3v) is 5.95. The molecule has 1 N–H and O–H groups in total. The van der Waals surface area contributed by atoms with Crippen molar-refractivity contribution in [2.24, 2.45) is 0 Å². The Labute approximate surface area is 129 Å². The number of carbonyl (C=O) groups is 2.